The summed E-state index contributed by atoms with van der Waals surface area (Å²) in [5, 5.41) is 0. The van der Waals surface area contributed by atoms with Crippen LogP contribution in [0.1, 0.15) is 43.7 Å². The first kappa shape index (κ1) is 33.6. The lowest BCUT2D eigenvalue weighted by Gasteiger charge is -2.20. The molecule has 244 valence electrons. The quantitative estimate of drug-likeness (QED) is 0.0780. The van der Waals surface area contributed by atoms with Crippen LogP contribution in [-0.4, -0.2) is 0 Å². The first-order valence-electron chi connectivity index (χ1n) is 14.8. The average Bonchev–Trinajstić information content (AvgIpc) is 3.01. The number of halogens is 9. The van der Waals surface area contributed by atoms with Gasteiger partial charge in [0.25, 0.3) is 0 Å². The Kier molecular flexibility index (Phi) is 9.98. The van der Waals surface area contributed by atoms with Crippen LogP contribution in [0, 0.1) is 40.7 Å². The maximum Gasteiger partial charge on any atom is 0.432 e. The van der Waals surface area contributed by atoms with Gasteiger partial charge < -0.3 is 4.74 Å². The average molecular weight is 659 g/mol. The van der Waals surface area contributed by atoms with Crippen LogP contribution in [0.5, 0.6) is 5.75 Å². The van der Waals surface area contributed by atoms with E-state index in [1.165, 1.54) is 18.6 Å². The van der Waals surface area contributed by atoms with Crippen molar-refractivity contribution in [3.8, 4) is 39.1 Å². The number of hydrogen-bond donors (Lipinski definition) is 0. The third-order valence-corrected chi connectivity index (χ3v) is 7.70. The van der Waals surface area contributed by atoms with Crippen LogP contribution in [0.15, 0.2) is 84.9 Å². The van der Waals surface area contributed by atoms with Crippen LogP contribution >= 0.6 is 0 Å². The third kappa shape index (κ3) is 7.48. The van der Waals surface area contributed by atoms with Gasteiger partial charge in [-0.3, -0.25) is 0 Å². The van der Waals surface area contributed by atoms with Gasteiger partial charge in [0.1, 0.15) is 34.6 Å². The van der Waals surface area contributed by atoms with Crippen LogP contribution in [0.2, 0.25) is 0 Å². The maximum atomic E-state index is 15.2. The molecule has 0 amide bonds. The van der Waals surface area contributed by atoms with Crippen molar-refractivity contribution in [2.45, 2.75) is 45.1 Å². The van der Waals surface area contributed by atoms with Crippen molar-refractivity contribution in [1.29, 1.82) is 0 Å². The Morgan fingerprint density at radius 3 is 1.57 bits per heavy atom. The van der Waals surface area contributed by atoms with Crippen molar-refractivity contribution in [3.63, 3.8) is 0 Å². The summed E-state index contributed by atoms with van der Waals surface area (Å²) in [5.41, 5.74) is -0.928. The molecule has 0 aliphatic carbocycles. The van der Waals surface area contributed by atoms with E-state index in [1.54, 1.807) is 6.07 Å². The Morgan fingerprint density at radius 2 is 1.02 bits per heavy atom. The van der Waals surface area contributed by atoms with Gasteiger partial charge in [0.2, 0.25) is 0 Å². The Bertz CT molecular complexity index is 1860. The molecule has 1 nitrogen and oxygen atoms in total. The number of aryl methyl sites for hydroxylation is 1. The maximum absolute atomic E-state index is 15.2. The lowest BCUT2D eigenvalue weighted by atomic mass is 9.97. The highest BCUT2D eigenvalue weighted by Crippen LogP contribution is 2.39. The van der Waals surface area contributed by atoms with Crippen molar-refractivity contribution in [3.05, 3.63) is 137 Å². The predicted octanol–water partition coefficient (Wildman–Crippen LogP) is 11.9. The molecule has 0 N–H and O–H groups in total. The number of ether oxygens (including phenoxy) is 1. The second kappa shape index (κ2) is 13.9. The molecular formula is C37H27F9O. The lowest BCUT2D eigenvalue weighted by molar-refractivity contribution is -0.189. The molecule has 0 unspecified atom stereocenters. The smallest absolute Gasteiger partial charge is 0.429 e. The molecule has 0 spiro atoms. The monoisotopic (exact) mass is 658 g/mol. The van der Waals surface area contributed by atoms with E-state index < -0.39 is 69.3 Å². The highest BCUT2D eigenvalue weighted by Gasteiger charge is 2.41. The zero-order valence-electron chi connectivity index (χ0n) is 24.9. The summed E-state index contributed by atoms with van der Waals surface area (Å²) in [5.74, 6) is -11.5. The van der Waals surface area contributed by atoms with Gasteiger partial charge in [-0.15, -0.1) is 0 Å². The molecule has 0 atom stereocenters. The van der Waals surface area contributed by atoms with Crippen LogP contribution in [0.4, 0.5) is 39.5 Å². The van der Waals surface area contributed by atoms with Gasteiger partial charge in [0, 0.05) is 17.2 Å². The first-order valence-corrected chi connectivity index (χ1v) is 14.8. The van der Waals surface area contributed by atoms with Gasteiger partial charge in [-0.2, -0.15) is 8.78 Å². The molecule has 0 saturated heterocycles. The van der Waals surface area contributed by atoms with Crippen LogP contribution in [0.3, 0.4) is 0 Å². The molecule has 5 aromatic rings. The van der Waals surface area contributed by atoms with Crippen molar-refractivity contribution >= 4 is 0 Å². The van der Waals surface area contributed by atoms with Crippen molar-refractivity contribution < 1.29 is 44.3 Å². The molecule has 5 aromatic carbocycles. The molecule has 5 rings (SSSR count). The normalized spacial score (nSPS) is 11.6. The molecule has 0 radical (unpaired) electrons. The number of unbranched alkanes of at least 4 members (excludes halogenated alkanes) is 3. The fourth-order valence-corrected chi connectivity index (χ4v) is 5.26. The van der Waals surface area contributed by atoms with E-state index in [1.807, 2.05) is 24.3 Å². The summed E-state index contributed by atoms with van der Waals surface area (Å²) in [6.45, 7) is 2.14. The van der Waals surface area contributed by atoms with E-state index in [4.69, 9.17) is 0 Å². The molecule has 0 bridgehead atoms. The molecule has 0 aromatic heterocycles. The number of benzene rings is 5. The molecule has 47 heavy (non-hydrogen) atoms. The van der Waals surface area contributed by atoms with Crippen molar-refractivity contribution in [2.75, 3.05) is 0 Å². The Balaban J connectivity index is 1.34. The fourth-order valence-electron chi connectivity index (χ4n) is 5.26. The summed E-state index contributed by atoms with van der Waals surface area (Å²) in [6.07, 6.45) is 0.774. The van der Waals surface area contributed by atoms with Crippen molar-refractivity contribution in [1.82, 2.24) is 0 Å². The summed E-state index contributed by atoms with van der Waals surface area (Å²) < 4.78 is 135. The summed E-state index contributed by atoms with van der Waals surface area (Å²) in [6, 6.07) is 15.7. The van der Waals surface area contributed by atoms with E-state index in [0.29, 0.717) is 35.9 Å². The molecule has 0 aliphatic heterocycles. The summed E-state index contributed by atoms with van der Waals surface area (Å²) in [4.78, 5) is 0. The number of alkyl halides is 2. The molecule has 10 heteroatoms. The minimum atomic E-state index is -4.67. The van der Waals surface area contributed by atoms with E-state index in [2.05, 4.69) is 11.7 Å². The minimum absolute atomic E-state index is 0.235. The van der Waals surface area contributed by atoms with Crippen LogP contribution in [-0.2, 0) is 12.5 Å². The molecule has 0 fully saturated rings. The van der Waals surface area contributed by atoms with Gasteiger partial charge in [-0.25, -0.2) is 30.7 Å². The molecular weight excluding hydrogens is 631 g/mol. The van der Waals surface area contributed by atoms with Gasteiger partial charge in [-0.05, 0) is 83.1 Å². The largest absolute Gasteiger partial charge is 0.432 e. The number of hydrogen-bond acceptors (Lipinski definition) is 1. The topological polar surface area (TPSA) is 9.23 Å². The van der Waals surface area contributed by atoms with E-state index >= 15 is 22.0 Å². The Labute approximate surface area is 265 Å². The zero-order valence-corrected chi connectivity index (χ0v) is 24.9. The van der Waals surface area contributed by atoms with E-state index in [0.717, 1.165) is 48.9 Å². The van der Waals surface area contributed by atoms with Gasteiger partial charge in [-0.1, -0.05) is 62.6 Å². The molecule has 0 heterocycles. The first-order chi connectivity index (χ1) is 22.4. The zero-order chi connectivity index (χ0) is 33.9. The molecule has 0 aliphatic rings. The second-order valence-corrected chi connectivity index (χ2v) is 11.0. The third-order valence-electron chi connectivity index (χ3n) is 7.70. The SMILES string of the molecule is CCCCCCc1ccc(-c2ccc(-c3cc(F)c(C(F)(F)Oc4ccc(-c5cc(F)c(F)c(F)c5)c(F)c4)c(F)c3)c(F)c2)cc1. The van der Waals surface area contributed by atoms with Gasteiger partial charge in [0.15, 0.2) is 17.5 Å². The molecule has 0 saturated carbocycles. The summed E-state index contributed by atoms with van der Waals surface area (Å²) in [7, 11) is 0. The van der Waals surface area contributed by atoms with Gasteiger partial charge >= 0.3 is 6.11 Å². The van der Waals surface area contributed by atoms with Crippen LogP contribution < -0.4 is 4.74 Å². The van der Waals surface area contributed by atoms with E-state index in [-0.39, 0.29) is 11.1 Å². The Morgan fingerprint density at radius 1 is 0.511 bits per heavy atom. The highest BCUT2D eigenvalue weighted by atomic mass is 19.3. The highest BCUT2D eigenvalue weighted by molar-refractivity contribution is 5.71. The van der Waals surface area contributed by atoms with E-state index in [9.17, 15) is 17.6 Å². The number of rotatable bonds is 11. The fraction of sp³-hybridized carbons (Fsp3) is 0.189. The van der Waals surface area contributed by atoms with Crippen molar-refractivity contribution in [2.24, 2.45) is 0 Å². The summed E-state index contributed by atoms with van der Waals surface area (Å²) >= 11 is 0. The van der Waals surface area contributed by atoms with Gasteiger partial charge in [0.05, 0.1) is 0 Å². The van der Waals surface area contributed by atoms with Crippen LogP contribution in [0.25, 0.3) is 33.4 Å². The minimum Gasteiger partial charge on any atom is -0.429 e. The Hall–Kier alpha value is -4.73. The predicted molar refractivity (Wildman–Crippen MR) is 161 cm³/mol. The second-order valence-electron chi connectivity index (χ2n) is 11.0. The standard InChI is InChI=1S/C37H27F9O/c1-2-3-4-5-6-21-7-9-22(10-8-21)23-11-13-27(29(38)15-23)24-16-31(40)35(32(41)17-24)37(45,46)47-26-12-14-28(30(39)20-26)25-18-33(42)36(44)34(43)19-25/h7-20H,2-6H2,1H3. The lowest BCUT2D eigenvalue weighted by Crippen LogP contribution is -2.25.